The number of nitrogens with one attached hydrogen (secondary N) is 3. The maximum Gasteiger partial charge on any atom is 0.416 e. The minimum Gasteiger partial charge on any atom is -0.381 e. The standard InChI is InChI=1S/C24H29F3N4O5S/c25-24(26,27)17-3-5-18(6-4-17)30-23(32)16-29-22-14-20(37(33,34)31-9-12-35-13-10-31)7-8-21(22)28-15-19-2-1-11-36-19/h3-8,14,19,28-29H,1-2,9-13,15-16H2,(H,30,32)/t19-/m1/s1. The molecule has 2 aliphatic heterocycles. The zero-order chi connectivity index (χ0) is 26.5. The maximum absolute atomic E-state index is 13.1. The molecule has 0 radical (unpaired) electrons. The Hall–Kier alpha value is -2.87. The molecule has 2 fully saturated rings. The van der Waals surface area contributed by atoms with Crippen LogP contribution in [0.25, 0.3) is 0 Å². The number of anilines is 3. The Morgan fingerprint density at radius 3 is 2.38 bits per heavy atom. The number of carbonyl (C=O) groups is 1. The lowest BCUT2D eigenvalue weighted by atomic mass is 10.2. The van der Waals surface area contributed by atoms with E-state index in [0.717, 1.165) is 25.0 Å². The minimum atomic E-state index is -4.47. The smallest absolute Gasteiger partial charge is 0.381 e. The highest BCUT2D eigenvalue weighted by Gasteiger charge is 2.30. The number of morpholine rings is 1. The van der Waals surface area contributed by atoms with E-state index in [0.29, 0.717) is 37.7 Å². The van der Waals surface area contributed by atoms with Crippen LogP contribution in [0, 0.1) is 0 Å². The second kappa shape index (κ2) is 11.7. The average Bonchev–Trinajstić information content (AvgIpc) is 3.40. The van der Waals surface area contributed by atoms with Crippen LogP contribution >= 0.6 is 0 Å². The fraction of sp³-hybridized carbons (Fsp3) is 0.458. The molecule has 0 bridgehead atoms. The van der Waals surface area contributed by atoms with Crippen LogP contribution in [-0.4, -0.2) is 70.7 Å². The van der Waals surface area contributed by atoms with Crippen molar-refractivity contribution in [3.8, 4) is 0 Å². The number of hydrogen-bond acceptors (Lipinski definition) is 7. The van der Waals surface area contributed by atoms with Gasteiger partial charge in [-0.1, -0.05) is 0 Å². The third kappa shape index (κ3) is 7.12. The summed E-state index contributed by atoms with van der Waals surface area (Å²) in [6, 6.07) is 8.73. The molecule has 2 heterocycles. The van der Waals surface area contributed by atoms with Crippen LogP contribution in [0.1, 0.15) is 18.4 Å². The second-order valence-corrected chi connectivity index (χ2v) is 10.7. The summed E-state index contributed by atoms with van der Waals surface area (Å²) in [5.74, 6) is -0.508. The van der Waals surface area contributed by atoms with Gasteiger partial charge in [0, 0.05) is 31.9 Å². The van der Waals surface area contributed by atoms with Gasteiger partial charge in [0.2, 0.25) is 15.9 Å². The summed E-state index contributed by atoms with van der Waals surface area (Å²) in [7, 11) is -3.77. The van der Waals surface area contributed by atoms with Crippen LogP contribution < -0.4 is 16.0 Å². The number of sulfonamides is 1. The first-order chi connectivity index (χ1) is 17.6. The maximum atomic E-state index is 13.1. The number of hydrogen-bond donors (Lipinski definition) is 3. The predicted octanol–water partition coefficient (Wildman–Crippen LogP) is 3.37. The quantitative estimate of drug-likeness (QED) is 0.446. The molecule has 0 aliphatic carbocycles. The molecule has 1 atom stereocenters. The van der Waals surface area contributed by atoms with Gasteiger partial charge in [-0.25, -0.2) is 8.42 Å². The number of halogens is 3. The summed E-state index contributed by atoms with van der Waals surface area (Å²) in [5, 5.41) is 8.74. The highest BCUT2D eigenvalue weighted by Crippen LogP contribution is 2.30. The van der Waals surface area contributed by atoms with Gasteiger partial charge in [0.05, 0.1) is 47.7 Å². The van der Waals surface area contributed by atoms with Gasteiger partial charge in [0.1, 0.15) is 0 Å². The number of nitrogens with zero attached hydrogens (tertiary/aromatic N) is 1. The lowest BCUT2D eigenvalue weighted by molar-refractivity contribution is -0.137. The summed E-state index contributed by atoms with van der Waals surface area (Å²) in [4.78, 5) is 12.6. The van der Waals surface area contributed by atoms with E-state index in [1.165, 1.54) is 28.6 Å². The van der Waals surface area contributed by atoms with Crippen molar-refractivity contribution in [1.29, 1.82) is 0 Å². The summed E-state index contributed by atoms with van der Waals surface area (Å²) in [6.07, 6.45) is -2.55. The fourth-order valence-corrected chi connectivity index (χ4v) is 5.51. The SMILES string of the molecule is O=C(CNc1cc(S(=O)(=O)N2CCOCC2)ccc1NC[C@H]1CCCO1)Nc1ccc(C(F)(F)F)cc1. The van der Waals surface area contributed by atoms with Crippen LogP contribution in [0.5, 0.6) is 0 Å². The van der Waals surface area contributed by atoms with Crippen LogP contribution in [0.15, 0.2) is 47.4 Å². The van der Waals surface area contributed by atoms with Crippen molar-refractivity contribution >= 4 is 33.0 Å². The highest BCUT2D eigenvalue weighted by atomic mass is 32.2. The van der Waals surface area contributed by atoms with E-state index in [2.05, 4.69) is 16.0 Å². The normalized spacial score (nSPS) is 18.9. The molecule has 1 amide bonds. The molecule has 202 valence electrons. The largest absolute Gasteiger partial charge is 0.416 e. The third-order valence-electron chi connectivity index (χ3n) is 6.08. The van der Waals surface area contributed by atoms with Gasteiger partial charge in [0.15, 0.2) is 0 Å². The first-order valence-corrected chi connectivity index (χ1v) is 13.4. The second-order valence-electron chi connectivity index (χ2n) is 8.72. The number of benzene rings is 2. The fourth-order valence-electron chi connectivity index (χ4n) is 4.07. The predicted molar refractivity (Wildman–Crippen MR) is 132 cm³/mol. The van der Waals surface area contributed by atoms with E-state index in [9.17, 15) is 26.4 Å². The molecule has 0 aromatic heterocycles. The monoisotopic (exact) mass is 542 g/mol. The van der Waals surface area contributed by atoms with Crippen molar-refractivity contribution in [3.05, 3.63) is 48.0 Å². The molecule has 2 saturated heterocycles. The molecule has 0 unspecified atom stereocenters. The first-order valence-electron chi connectivity index (χ1n) is 11.9. The molecule has 0 spiro atoms. The zero-order valence-electron chi connectivity index (χ0n) is 20.0. The van der Waals surface area contributed by atoms with Crippen molar-refractivity contribution < 1.29 is 35.9 Å². The van der Waals surface area contributed by atoms with Crippen molar-refractivity contribution in [2.24, 2.45) is 0 Å². The summed E-state index contributed by atoms with van der Waals surface area (Å²) >= 11 is 0. The van der Waals surface area contributed by atoms with Gasteiger partial charge in [-0.2, -0.15) is 17.5 Å². The van der Waals surface area contributed by atoms with Gasteiger partial charge in [-0.15, -0.1) is 0 Å². The highest BCUT2D eigenvalue weighted by molar-refractivity contribution is 7.89. The Bertz CT molecular complexity index is 1180. The molecule has 0 saturated carbocycles. The molecule has 2 aliphatic rings. The lowest BCUT2D eigenvalue weighted by Crippen LogP contribution is -2.40. The molecule has 3 N–H and O–H groups in total. The van der Waals surface area contributed by atoms with E-state index in [-0.39, 0.29) is 36.3 Å². The van der Waals surface area contributed by atoms with E-state index >= 15 is 0 Å². The Morgan fingerprint density at radius 2 is 1.73 bits per heavy atom. The first kappa shape index (κ1) is 27.2. The summed E-state index contributed by atoms with van der Waals surface area (Å²) < 4.78 is 76.8. The van der Waals surface area contributed by atoms with Crippen molar-refractivity contribution in [1.82, 2.24) is 4.31 Å². The molecule has 37 heavy (non-hydrogen) atoms. The number of carbonyl (C=O) groups excluding carboxylic acids is 1. The molecular weight excluding hydrogens is 513 g/mol. The van der Waals surface area contributed by atoms with Gasteiger partial charge in [0.25, 0.3) is 0 Å². The number of alkyl halides is 3. The molecule has 13 heteroatoms. The summed E-state index contributed by atoms with van der Waals surface area (Å²) in [6.45, 7) is 2.10. The zero-order valence-corrected chi connectivity index (χ0v) is 20.8. The van der Waals surface area contributed by atoms with E-state index in [1.54, 1.807) is 6.07 Å². The van der Waals surface area contributed by atoms with E-state index in [1.807, 2.05) is 0 Å². The van der Waals surface area contributed by atoms with Gasteiger partial charge in [-0.05, 0) is 55.3 Å². The Morgan fingerprint density at radius 1 is 1.00 bits per heavy atom. The van der Waals surface area contributed by atoms with E-state index < -0.39 is 27.7 Å². The lowest BCUT2D eigenvalue weighted by Gasteiger charge is -2.26. The minimum absolute atomic E-state index is 0.0348. The van der Waals surface area contributed by atoms with Gasteiger partial charge >= 0.3 is 6.18 Å². The third-order valence-corrected chi connectivity index (χ3v) is 7.97. The van der Waals surface area contributed by atoms with E-state index in [4.69, 9.17) is 9.47 Å². The van der Waals surface area contributed by atoms with Crippen LogP contribution in [0.3, 0.4) is 0 Å². The molecule has 4 rings (SSSR count). The number of rotatable bonds is 9. The van der Waals surface area contributed by atoms with Crippen molar-refractivity contribution in [2.75, 3.05) is 62.0 Å². The average molecular weight is 543 g/mol. The topological polar surface area (TPSA) is 109 Å². The molecular formula is C24H29F3N4O5S. The molecule has 2 aromatic rings. The summed E-state index contributed by atoms with van der Waals surface area (Å²) in [5.41, 5.74) is 0.387. The Labute approximate surface area is 213 Å². The Kier molecular flexibility index (Phi) is 8.57. The van der Waals surface area contributed by atoms with Gasteiger partial charge < -0.3 is 25.4 Å². The van der Waals surface area contributed by atoms with Crippen molar-refractivity contribution in [3.63, 3.8) is 0 Å². The van der Waals surface area contributed by atoms with Crippen LogP contribution in [-0.2, 0) is 30.5 Å². The van der Waals surface area contributed by atoms with Crippen LogP contribution in [0.2, 0.25) is 0 Å². The number of ether oxygens (including phenoxy) is 2. The van der Waals surface area contributed by atoms with Crippen LogP contribution in [0.4, 0.5) is 30.2 Å². The van der Waals surface area contributed by atoms with Crippen molar-refractivity contribution in [2.45, 2.75) is 30.0 Å². The number of amides is 1. The Balaban J connectivity index is 1.47. The van der Waals surface area contributed by atoms with Gasteiger partial charge in [-0.3, -0.25) is 4.79 Å². The molecule has 2 aromatic carbocycles. The molecule has 9 nitrogen and oxygen atoms in total.